The zero-order chi connectivity index (χ0) is 17.1. The SMILES string of the molecule is O=C(O)c1cc(Cl)c(OCc2cc(-c3ccccc3)no2)c(Cl)c1. The third-order valence-electron chi connectivity index (χ3n) is 3.23. The summed E-state index contributed by atoms with van der Waals surface area (Å²) in [7, 11) is 0. The van der Waals surface area contributed by atoms with Gasteiger partial charge in [-0.25, -0.2) is 4.79 Å². The first-order chi connectivity index (χ1) is 11.5. The molecule has 3 rings (SSSR count). The van der Waals surface area contributed by atoms with Gasteiger partial charge in [-0.15, -0.1) is 0 Å². The number of nitrogens with zero attached hydrogens (tertiary/aromatic N) is 1. The summed E-state index contributed by atoms with van der Waals surface area (Å²) in [6, 6.07) is 13.9. The van der Waals surface area contributed by atoms with E-state index >= 15 is 0 Å². The molecule has 0 amide bonds. The molecule has 0 saturated carbocycles. The lowest BCUT2D eigenvalue weighted by atomic mass is 10.1. The molecule has 7 heteroatoms. The molecule has 2 aromatic carbocycles. The number of carbonyl (C=O) groups is 1. The summed E-state index contributed by atoms with van der Waals surface area (Å²) in [4.78, 5) is 11.0. The van der Waals surface area contributed by atoms with Crippen molar-refractivity contribution >= 4 is 29.2 Å². The van der Waals surface area contributed by atoms with Crippen LogP contribution in [0.4, 0.5) is 0 Å². The van der Waals surface area contributed by atoms with E-state index in [-0.39, 0.29) is 28.0 Å². The highest BCUT2D eigenvalue weighted by molar-refractivity contribution is 6.37. The van der Waals surface area contributed by atoms with Crippen LogP contribution in [-0.2, 0) is 6.61 Å². The van der Waals surface area contributed by atoms with Gasteiger partial charge in [-0.2, -0.15) is 0 Å². The lowest BCUT2D eigenvalue weighted by Gasteiger charge is -2.09. The summed E-state index contributed by atoms with van der Waals surface area (Å²) in [5.41, 5.74) is 1.60. The van der Waals surface area contributed by atoms with Gasteiger partial charge in [-0.1, -0.05) is 58.7 Å². The van der Waals surface area contributed by atoms with E-state index < -0.39 is 5.97 Å². The second-order valence-corrected chi connectivity index (χ2v) is 5.72. The first-order valence-corrected chi connectivity index (χ1v) is 7.66. The number of aromatic nitrogens is 1. The molecule has 0 aliphatic rings. The fourth-order valence-electron chi connectivity index (χ4n) is 2.09. The summed E-state index contributed by atoms with van der Waals surface area (Å²) in [5, 5.41) is 13.2. The van der Waals surface area contributed by atoms with Gasteiger partial charge in [0, 0.05) is 11.6 Å². The second-order valence-electron chi connectivity index (χ2n) is 4.91. The Kier molecular flexibility index (Phi) is 4.74. The largest absolute Gasteiger partial charge is 0.482 e. The number of benzene rings is 2. The van der Waals surface area contributed by atoms with Crippen LogP contribution < -0.4 is 4.74 Å². The fourth-order valence-corrected chi connectivity index (χ4v) is 2.69. The van der Waals surface area contributed by atoms with E-state index in [9.17, 15) is 4.79 Å². The van der Waals surface area contributed by atoms with E-state index in [1.807, 2.05) is 30.3 Å². The number of rotatable bonds is 5. The molecule has 1 N–H and O–H groups in total. The van der Waals surface area contributed by atoms with Crippen molar-refractivity contribution in [2.24, 2.45) is 0 Å². The van der Waals surface area contributed by atoms with Crippen LogP contribution in [0, 0.1) is 0 Å². The molecule has 0 spiro atoms. The smallest absolute Gasteiger partial charge is 0.335 e. The highest BCUT2D eigenvalue weighted by Gasteiger charge is 2.15. The minimum atomic E-state index is -1.12. The van der Waals surface area contributed by atoms with Gasteiger partial charge in [-0.05, 0) is 12.1 Å². The maximum atomic E-state index is 11.0. The first-order valence-electron chi connectivity index (χ1n) is 6.91. The van der Waals surface area contributed by atoms with E-state index in [1.54, 1.807) is 6.07 Å². The lowest BCUT2D eigenvalue weighted by molar-refractivity contribution is 0.0697. The quantitative estimate of drug-likeness (QED) is 0.695. The number of aromatic carboxylic acids is 1. The highest BCUT2D eigenvalue weighted by atomic mass is 35.5. The summed E-state index contributed by atoms with van der Waals surface area (Å²) < 4.78 is 10.8. The third kappa shape index (κ3) is 3.53. The van der Waals surface area contributed by atoms with E-state index in [1.165, 1.54) is 12.1 Å². The Morgan fingerprint density at radius 2 is 1.79 bits per heavy atom. The van der Waals surface area contributed by atoms with Gasteiger partial charge in [0.1, 0.15) is 12.3 Å². The number of carboxylic acids is 1. The van der Waals surface area contributed by atoms with Crippen molar-refractivity contribution in [2.45, 2.75) is 6.61 Å². The summed E-state index contributed by atoms with van der Waals surface area (Å²) in [6.45, 7) is 0.0612. The topological polar surface area (TPSA) is 72.6 Å². The Morgan fingerprint density at radius 3 is 2.42 bits per heavy atom. The summed E-state index contributed by atoms with van der Waals surface area (Å²) in [5.74, 6) is -0.433. The molecule has 0 saturated heterocycles. The van der Waals surface area contributed by atoms with Crippen molar-refractivity contribution in [3.63, 3.8) is 0 Å². The third-order valence-corrected chi connectivity index (χ3v) is 3.79. The van der Waals surface area contributed by atoms with Crippen LogP contribution in [0.1, 0.15) is 16.1 Å². The monoisotopic (exact) mass is 363 g/mol. The van der Waals surface area contributed by atoms with E-state index in [0.717, 1.165) is 5.56 Å². The van der Waals surface area contributed by atoms with E-state index in [0.29, 0.717) is 11.5 Å². The minimum absolute atomic E-state index is 0.0108. The summed E-state index contributed by atoms with van der Waals surface area (Å²) in [6.07, 6.45) is 0. The van der Waals surface area contributed by atoms with Crippen molar-refractivity contribution < 1.29 is 19.2 Å². The minimum Gasteiger partial charge on any atom is -0.482 e. The van der Waals surface area contributed by atoms with Gasteiger partial charge in [0.25, 0.3) is 0 Å². The fraction of sp³-hybridized carbons (Fsp3) is 0.0588. The normalized spacial score (nSPS) is 10.6. The molecule has 0 fully saturated rings. The van der Waals surface area contributed by atoms with Crippen molar-refractivity contribution in [3.05, 3.63) is 69.9 Å². The van der Waals surface area contributed by atoms with Gasteiger partial charge in [0.2, 0.25) is 0 Å². The molecule has 122 valence electrons. The zero-order valence-electron chi connectivity index (χ0n) is 12.2. The Labute approximate surface area is 147 Å². The van der Waals surface area contributed by atoms with E-state index in [4.69, 9.17) is 37.6 Å². The number of hydrogen-bond donors (Lipinski definition) is 1. The van der Waals surface area contributed by atoms with Gasteiger partial charge in [0.15, 0.2) is 11.5 Å². The Bertz CT molecular complexity index is 854. The van der Waals surface area contributed by atoms with Crippen LogP contribution in [-0.4, -0.2) is 16.2 Å². The van der Waals surface area contributed by atoms with Gasteiger partial charge in [-0.3, -0.25) is 0 Å². The standard InChI is InChI=1S/C17H11Cl2NO4/c18-13-6-11(17(21)22)7-14(19)16(13)23-9-12-8-15(20-24-12)10-4-2-1-3-5-10/h1-8H,9H2,(H,21,22). The number of carboxylic acid groups (broad SMARTS) is 1. The van der Waals surface area contributed by atoms with Gasteiger partial charge < -0.3 is 14.4 Å². The Balaban J connectivity index is 1.75. The molecule has 1 aromatic heterocycles. The summed E-state index contributed by atoms with van der Waals surface area (Å²) >= 11 is 12.1. The predicted molar refractivity (Wildman–Crippen MR) is 89.7 cm³/mol. The molecule has 1 heterocycles. The Hall–Kier alpha value is -2.50. The van der Waals surface area contributed by atoms with Crippen LogP contribution >= 0.6 is 23.2 Å². The Morgan fingerprint density at radius 1 is 1.12 bits per heavy atom. The number of hydrogen-bond acceptors (Lipinski definition) is 4. The molecular weight excluding hydrogens is 353 g/mol. The molecule has 24 heavy (non-hydrogen) atoms. The second kappa shape index (κ2) is 6.95. The molecular formula is C17H11Cl2NO4. The van der Waals surface area contributed by atoms with Crippen LogP contribution in [0.15, 0.2) is 53.1 Å². The predicted octanol–water partition coefficient (Wildman–Crippen LogP) is 4.93. The molecule has 0 atom stereocenters. The average Bonchev–Trinajstić information content (AvgIpc) is 3.03. The van der Waals surface area contributed by atoms with Gasteiger partial charge in [0.05, 0.1) is 15.6 Å². The van der Waals surface area contributed by atoms with Crippen molar-refractivity contribution in [1.82, 2.24) is 5.16 Å². The maximum absolute atomic E-state index is 11.0. The van der Waals surface area contributed by atoms with Crippen molar-refractivity contribution in [3.8, 4) is 17.0 Å². The molecule has 0 aliphatic carbocycles. The lowest BCUT2D eigenvalue weighted by Crippen LogP contribution is -1.99. The van der Waals surface area contributed by atoms with Crippen molar-refractivity contribution in [1.29, 1.82) is 0 Å². The van der Waals surface area contributed by atoms with E-state index in [2.05, 4.69) is 5.16 Å². The number of ether oxygens (including phenoxy) is 1. The highest BCUT2D eigenvalue weighted by Crippen LogP contribution is 2.35. The average molecular weight is 364 g/mol. The molecule has 5 nitrogen and oxygen atoms in total. The number of halogens is 2. The molecule has 0 bridgehead atoms. The van der Waals surface area contributed by atoms with Crippen LogP contribution in [0.5, 0.6) is 5.75 Å². The van der Waals surface area contributed by atoms with Crippen LogP contribution in [0.25, 0.3) is 11.3 Å². The molecule has 0 aliphatic heterocycles. The first kappa shape index (κ1) is 16.4. The molecule has 0 unspecified atom stereocenters. The molecule has 3 aromatic rings. The van der Waals surface area contributed by atoms with Crippen LogP contribution in [0.2, 0.25) is 10.0 Å². The maximum Gasteiger partial charge on any atom is 0.335 e. The van der Waals surface area contributed by atoms with Crippen molar-refractivity contribution in [2.75, 3.05) is 0 Å². The van der Waals surface area contributed by atoms with Crippen LogP contribution in [0.3, 0.4) is 0 Å². The molecule has 0 radical (unpaired) electrons. The zero-order valence-corrected chi connectivity index (χ0v) is 13.7. The van der Waals surface area contributed by atoms with Gasteiger partial charge >= 0.3 is 5.97 Å².